The Labute approximate surface area is 193 Å². The van der Waals surface area contributed by atoms with Crippen LogP contribution in [0.2, 0.25) is 0 Å². The Morgan fingerprint density at radius 3 is 2.58 bits per heavy atom. The van der Waals surface area contributed by atoms with Crippen molar-refractivity contribution in [2.45, 2.75) is 64.6 Å². The lowest BCUT2D eigenvalue weighted by Gasteiger charge is -2.32. The number of hydrogen-bond donors (Lipinski definition) is 1. The zero-order valence-electron chi connectivity index (χ0n) is 19.3. The topological polar surface area (TPSA) is 109 Å². The van der Waals surface area contributed by atoms with E-state index in [0.717, 1.165) is 18.4 Å². The van der Waals surface area contributed by atoms with Crippen molar-refractivity contribution in [1.29, 1.82) is 0 Å². The Morgan fingerprint density at radius 2 is 1.91 bits per heavy atom. The van der Waals surface area contributed by atoms with Gasteiger partial charge in [-0.1, -0.05) is 6.08 Å². The predicted molar refractivity (Wildman–Crippen MR) is 120 cm³/mol. The summed E-state index contributed by atoms with van der Waals surface area (Å²) < 4.78 is 5.45. The van der Waals surface area contributed by atoms with Crippen LogP contribution in [0.25, 0.3) is 6.08 Å². The number of pyridine rings is 1. The highest BCUT2D eigenvalue weighted by Gasteiger charge is 2.40. The molecule has 1 N–H and O–H groups in total. The second-order valence-electron chi connectivity index (χ2n) is 9.79. The summed E-state index contributed by atoms with van der Waals surface area (Å²) in [7, 11) is 0. The molecule has 33 heavy (non-hydrogen) atoms. The smallest absolute Gasteiger partial charge is 0.410 e. The van der Waals surface area contributed by atoms with Crippen LogP contribution in [0, 0.1) is 5.92 Å². The van der Waals surface area contributed by atoms with E-state index in [2.05, 4.69) is 16.4 Å². The lowest BCUT2D eigenvalue weighted by atomic mass is 9.96. The maximum absolute atomic E-state index is 12.9. The molecule has 9 heteroatoms. The molecule has 3 aliphatic rings. The van der Waals surface area contributed by atoms with Crippen LogP contribution in [0.15, 0.2) is 18.3 Å². The van der Waals surface area contributed by atoms with Crippen LogP contribution in [0.1, 0.15) is 68.1 Å². The van der Waals surface area contributed by atoms with Crippen molar-refractivity contribution in [3.05, 3.63) is 35.2 Å². The van der Waals surface area contributed by atoms with E-state index in [4.69, 9.17) is 4.74 Å². The Kier molecular flexibility index (Phi) is 6.23. The van der Waals surface area contributed by atoms with Crippen LogP contribution in [0.3, 0.4) is 0 Å². The van der Waals surface area contributed by atoms with Gasteiger partial charge in [-0.2, -0.15) is 0 Å². The number of amides is 4. The van der Waals surface area contributed by atoms with Crippen molar-refractivity contribution in [3.8, 4) is 0 Å². The SMILES string of the molecule is CC(C)(C)OC(=O)N1CCC(/C=C/c2nccc3c2CN(C2CCC(=O)NC2=O)C3=O)CC1. The van der Waals surface area contributed by atoms with Gasteiger partial charge in [0.25, 0.3) is 5.91 Å². The minimum atomic E-state index is -0.642. The third kappa shape index (κ3) is 5.07. The summed E-state index contributed by atoms with van der Waals surface area (Å²) in [5.41, 5.74) is 1.56. The quantitative estimate of drug-likeness (QED) is 0.703. The molecule has 4 heterocycles. The zero-order chi connectivity index (χ0) is 23.8. The number of nitrogens with zero attached hydrogens (tertiary/aromatic N) is 3. The molecule has 1 unspecified atom stereocenters. The second-order valence-corrected chi connectivity index (χ2v) is 9.79. The Bertz CT molecular complexity index is 1000. The number of fused-ring (bicyclic) bond motifs is 1. The lowest BCUT2D eigenvalue weighted by Crippen LogP contribution is -2.52. The van der Waals surface area contributed by atoms with Gasteiger partial charge in [0.1, 0.15) is 11.6 Å². The van der Waals surface area contributed by atoms with Gasteiger partial charge in [0, 0.05) is 43.4 Å². The Balaban J connectivity index is 1.40. The minimum absolute atomic E-state index is 0.206. The summed E-state index contributed by atoms with van der Waals surface area (Å²) in [6, 6.07) is 1.04. The van der Waals surface area contributed by atoms with Gasteiger partial charge in [0.2, 0.25) is 11.8 Å². The van der Waals surface area contributed by atoms with Crippen molar-refractivity contribution in [1.82, 2.24) is 20.1 Å². The van der Waals surface area contributed by atoms with Crippen molar-refractivity contribution in [2.24, 2.45) is 5.92 Å². The van der Waals surface area contributed by atoms with E-state index in [1.54, 1.807) is 17.2 Å². The minimum Gasteiger partial charge on any atom is -0.444 e. The van der Waals surface area contributed by atoms with Gasteiger partial charge in [-0.05, 0) is 58.1 Å². The van der Waals surface area contributed by atoms with E-state index in [1.807, 2.05) is 26.8 Å². The number of carbonyl (C=O) groups excluding carboxylic acids is 4. The van der Waals surface area contributed by atoms with Crippen LogP contribution in [0.5, 0.6) is 0 Å². The molecule has 1 aromatic rings. The van der Waals surface area contributed by atoms with Gasteiger partial charge in [-0.15, -0.1) is 0 Å². The normalized spacial score (nSPS) is 22.0. The predicted octanol–water partition coefficient (Wildman–Crippen LogP) is 2.50. The monoisotopic (exact) mass is 454 g/mol. The summed E-state index contributed by atoms with van der Waals surface area (Å²) in [5, 5.41) is 2.32. The van der Waals surface area contributed by atoms with Gasteiger partial charge >= 0.3 is 6.09 Å². The second kappa shape index (κ2) is 8.96. The van der Waals surface area contributed by atoms with E-state index in [-0.39, 0.29) is 24.3 Å². The first kappa shape index (κ1) is 22.9. The number of hydrogen-bond acceptors (Lipinski definition) is 6. The van der Waals surface area contributed by atoms with Crippen molar-refractivity contribution in [2.75, 3.05) is 13.1 Å². The first-order chi connectivity index (χ1) is 15.6. The van der Waals surface area contributed by atoms with E-state index in [1.165, 1.54) is 4.90 Å². The van der Waals surface area contributed by atoms with E-state index in [9.17, 15) is 19.2 Å². The summed E-state index contributed by atoms with van der Waals surface area (Å²) in [5.74, 6) is -0.635. The molecule has 9 nitrogen and oxygen atoms in total. The fraction of sp³-hybridized carbons (Fsp3) is 0.542. The number of imide groups is 1. The molecule has 0 spiro atoms. The third-order valence-electron chi connectivity index (χ3n) is 6.21. The van der Waals surface area contributed by atoms with Crippen LogP contribution in [0.4, 0.5) is 4.79 Å². The van der Waals surface area contributed by atoms with Crippen molar-refractivity contribution < 1.29 is 23.9 Å². The maximum Gasteiger partial charge on any atom is 0.410 e. The van der Waals surface area contributed by atoms with E-state index >= 15 is 0 Å². The average molecular weight is 455 g/mol. The molecular formula is C24H30N4O5. The van der Waals surface area contributed by atoms with Crippen LogP contribution in [-0.4, -0.2) is 63.3 Å². The molecule has 1 aromatic heterocycles. The number of carbonyl (C=O) groups is 4. The number of nitrogens with one attached hydrogen (secondary N) is 1. The highest BCUT2D eigenvalue weighted by Crippen LogP contribution is 2.30. The molecule has 0 bridgehead atoms. The van der Waals surface area contributed by atoms with Gasteiger partial charge in [-0.25, -0.2) is 4.79 Å². The molecule has 2 saturated heterocycles. The summed E-state index contributed by atoms with van der Waals surface area (Å²) in [6.07, 6.45) is 7.57. The van der Waals surface area contributed by atoms with E-state index < -0.39 is 17.6 Å². The number of piperidine rings is 2. The van der Waals surface area contributed by atoms with Crippen LogP contribution < -0.4 is 5.32 Å². The molecule has 0 aliphatic carbocycles. The highest BCUT2D eigenvalue weighted by atomic mass is 16.6. The van der Waals surface area contributed by atoms with E-state index in [0.29, 0.717) is 43.2 Å². The highest BCUT2D eigenvalue weighted by molar-refractivity contribution is 6.05. The fourth-order valence-corrected chi connectivity index (χ4v) is 4.48. The van der Waals surface area contributed by atoms with Gasteiger partial charge in [0.05, 0.1) is 5.69 Å². The number of rotatable bonds is 3. The van der Waals surface area contributed by atoms with Crippen molar-refractivity contribution in [3.63, 3.8) is 0 Å². The maximum atomic E-state index is 12.9. The van der Waals surface area contributed by atoms with Gasteiger partial charge in [0.15, 0.2) is 0 Å². The molecule has 1 atom stereocenters. The zero-order valence-corrected chi connectivity index (χ0v) is 19.3. The standard InChI is InChI=1S/C24H30N4O5/c1-24(2,3)33-23(32)27-12-9-15(10-13-27)4-5-18-17-14-28(22(31)16(17)8-11-25-18)19-6-7-20(29)26-21(19)30/h4-5,8,11,15,19H,6-7,9-10,12-14H2,1-3H3,(H,26,29,30)/b5-4+. The fourth-order valence-electron chi connectivity index (χ4n) is 4.48. The molecule has 176 valence electrons. The largest absolute Gasteiger partial charge is 0.444 e. The summed E-state index contributed by atoms with van der Waals surface area (Å²) in [6.45, 7) is 7.14. The Hall–Kier alpha value is -3.23. The van der Waals surface area contributed by atoms with Crippen LogP contribution >= 0.6 is 0 Å². The molecule has 0 aromatic carbocycles. The summed E-state index contributed by atoms with van der Waals surface area (Å²) in [4.78, 5) is 56.6. The molecule has 3 aliphatic heterocycles. The molecule has 0 saturated carbocycles. The lowest BCUT2D eigenvalue weighted by molar-refractivity contribution is -0.136. The summed E-state index contributed by atoms with van der Waals surface area (Å²) >= 11 is 0. The first-order valence-electron chi connectivity index (χ1n) is 11.4. The molecule has 4 amide bonds. The number of likely N-dealkylation sites (tertiary alicyclic amines) is 1. The molecule has 0 radical (unpaired) electrons. The van der Waals surface area contributed by atoms with Crippen LogP contribution in [-0.2, 0) is 20.9 Å². The number of allylic oxidation sites excluding steroid dienone is 1. The molecule has 2 fully saturated rings. The molecular weight excluding hydrogens is 424 g/mol. The Morgan fingerprint density at radius 1 is 1.18 bits per heavy atom. The van der Waals surface area contributed by atoms with Gasteiger partial charge < -0.3 is 14.5 Å². The van der Waals surface area contributed by atoms with Gasteiger partial charge in [-0.3, -0.25) is 24.7 Å². The van der Waals surface area contributed by atoms with Crippen molar-refractivity contribution >= 4 is 29.9 Å². The third-order valence-corrected chi connectivity index (χ3v) is 6.21. The molecule has 4 rings (SSSR count). The number of aromatic nitrogens is 1. The average Bonchev–Trinajstić information content (AvgIpc) is 3.08. The first-order valence-corrected chi connectivity index (χ1v) is 11.4. The number of ether oxygens (including phenoxy) is 1.